The van der Waals surface area contributed by atoms with E-state index in [0.717, 1.165) is 12.1 Å². The van der Waals surface area contributed by atoms with Gasteiger partial charge in [0, 0.05) is 18.7 Å². The lowest BCUT2D eigenvalue weighted by molar-refractivity contribution is -0.155. The zero-order valence-electron chi connectivity index (χ0n) is 14.4. The van der Waals surface area contributed by atoms with Gasteiger partial charge in [-0.05, 0) is 39.7 Å². The summed E-state index contributed by atoms with van der Waals surface area (Å²) in [6.07, 6.45) is 5.30. The van der Waals surface area contributed by atoms with Crippen LogP contribution in [0.4, 0.5) is 0 Å². The molecule has 0 spiro atoms. The molecule has 1 amide bonds. The first kappa shape index (κ1) is 18.0. The third kappa shape index (κ3) is 4.59. The topological polar surface area (TPSA) is 87.2 Å². The van der Waals surface area contributed by atoms with Gasteiger partial charge in [-0.1, -0.05) is 6.08 Å². The molecule has 1 aliphatic carbocycles. The van der Waals surface area contributed by atoms with Crippen LogP contribution in [0.3, 0.4) is 0 Å². The van der Waals surface area contributed by atoms with Crippen LogP contribution in [0.25, 0.3) is 0 Å². The van der Waals surface area contributed by atoms with Crippen LogP contribution in [0.15, 0.2) is 23.5 Å². The molecule has 0 aromatic rings. The molecule has 2 aliphatic rings. The molecule has 7 heteroatoms. The van der Waals surface area contributed by atoms with Gasteiger partial charge in [-0.2, -0.15) is 0 Å². The van der Waals surface area contributed by atoms with E-state index in [1.165, 1.54) is 4.90 Å². The highest BCUT2D eigenvalue weighted by atomic mass is 16.6. The number of allylic oxidation sites excluding steroid dienone is 3. The van der Waals surface area contributed by atoms with E-state index in [4.69, 9.17) is 9.84 Å². The number of carbonyl (C=O) groups is 3. The molecule has 1 aliphatic heterocycles. The molecule has 0 bridgehead atoms. The molecule has 0 aromatic carbocycles. The molecular weight excluding hydrogens is 312 g/mol. The van der Waals surface area contributed by atoms with E-state index >= 15 is 0 Å². The summed E-state index contributed by atoms with van der Waals surface area (Å²) in [7, 11) is 0. The number of rotatable bonds is 4. The quantitative estimate of drug-likeness (QED) is 0.783. The highest BCUT2D eigenvalue weighted by molar-refractivity contribution is 5.84. The summed E-state index contributed by atoms with van der Waals surface area (Å²) < 4.78 is 5.37. The van der Waals surface area contributed by atoms with Gasteiger partial charge in [-0.15, -0.1) is 0 Å². The summed E-state index contributed by atoms with van der Waals surface area (Å²) in [4.78, 5) is 38.7. The van der Waals surface area contributed by atoms with Gasteiger partial charge in [0.2, 0.25) is 5.91 Å². The standard InChI is InChI=1S/C17H24N2O5/c1-17(2,3)24-16(23)11-18-9-8-14(20)19(10-15(21)22)13-7-5-4-6-12(13)18/h5,7H,4,6,8-11H2,1-3H3,(H,21,22). The monoisotopic (exact) mass is 336 g/mol. The summed E-state index contributed by atoms with van der Waals surface area (Å²) >= 11 is 0. The molecule has 2 rings (SSSR count). The number of hydrogen-bond acceptors (Lipinski definition) is 5. The molecule has 132 valence electrons. The Morgan fingerprint density at radius 2 is 1.96 bits per heavy atom. The van der Waals surface area contributed by atoms with Crippen LogP contribution in [0, 0.1) is 0 Å². The average molecular weight is 336 g/mol. The minimum atomic E-state index is -1.06. The van der Waals surface area contributed by atoms with Crippen LogP contribution in [-0.2, 0) is 19.1 Å². The SMILES string of the molecule is CC(C)(C)OC(=O)CN1CCC(=O)N(CC(=O)O)C2=C1CCC=C2. The Morgan fingerprint density at radius 3 is 2.58 bits per heavy atom. The number of carbonyl (C=O) groups excluding carboxylic acids is 2. The molecule has 1 heterocycles. The van der Waals surface area contributed by atoms with Gasteiger partial charge in [0.05, 0.1) is 5.70 Å². The molecule has 0 atom stereocenters. The largest absolute Gasteiger partial charge is 0.480 e. The zero-order valence-corrected chi connectivity index (χ0v) is 14.4. The second-order valence-electron chi connectivity index (χ2n) is 6.90. The summed E-state index contributed by atoms with van der Waals surface area (Å²) in [5, 5.41) is 9.08. The van der Waals surface area contributed by atoms with Gasteiger partial charge in [0.25, 0.3) is 0 Å². The predicted octanol–water partition coefficient (Wildman–Crippen LogP) is 1.51. The van der Waals surface area contributed by atoms with E-state index in [2.05, 4.69) is 0 Å². The van der Waals surface area contributed by atoms with Crippen molar-refractivity contribution in [3.05, 3.63) is 23.5 Å². The molecule has 0 fully saturated rings. The minimum Gasteiger partial charge on any atom is -0.480 e. The Bertz CT molecular complexity index is 601. The van der Waals surface area contributed by atoms with Crippen molar-refractivity contribution in [1.29, 1.82) is 0 Å². The molecule has 0 saturated heterocycles. The lowest BCUT2D eigenvalue weighted by atomic mass is 10.1. The van der Waals surface area contributed by atoms with Gasteiger partial charge in [-0.3, -0.25) is 19.3 Å². The van der Waals surface area contributed by atoms with E-state index in [-0.39, 0.29) is 31.4 Å². The summed E-state index contributed by atoms with van der Waals surface area (Å²) in [6, 6.07) is 0. The molecule has 24 heavy (non-hydrogen) atoms. The van der Waals surface area contributed by atoms with Crippen molar-refractivity contribution in [1.82, 2.24) is 9.80 Å². The molecule has 0 aromatic heterocycles. The van der Waals surface area contributed by atoms with Crippen LogP contribution in [-0.4, -0.2) is 58.0 Å². The van der Waals surface area contributed by atoms with Gasteiger partial charge in [0.1, 0.15) is 18.7 Å². The number of carboxylic acids is 1. The van der Waals surface area contributed by atoms with Crippen molar-refractivity contribution in [2.24, 2.45) is 0 Å². The Balaban J connectivity index is 2.26. The smallest absolute Gasteiger partial charge is 0.326 e. The van der Waals surface area contributed by atoms with Gasteiger partial charge in [-0.25, -0.2) is 0 Å². The van der Waals surface area contributed by atoms with E-state index < -0.39 is 11.6 Å². The highest BCUT2D eigenvalue weighted by Gasteiger charge is 2.31. The number of aliphatic carboxylic acids is 1. The van der Waals surface area contributed by atoms with Crippen molar-refractivity contribution in [3.8, 4) is 0 Å². The van der Waals surface area contributed by atoms with Crippen molar-refractivity contribution >= 4 is 17.8 Å². The third-order valence-corrected chi connectivity index (χ3v) is 3.72. The molecule has 0 saturated carbocycles. The maximum atomic E-state index is 12.3. The highest BCUT2D eigenvalue weighted by Crippen LogP contribution is 2.28. The second kappa shape index (κ2) is 7.07. The van der Waals surface area contributed by atoms with Crippen LogP contribution >= 0.6 is 0 Å². The van der Waals surface area contributed by atoms with Crippen LogP contribution in [0.2, 0.25) is 0 Å². The maximum Gasteiger partial charge on any atom is 0.326 e. The fourth-order valence-corrected chi connectivity index (χ4v) is 2.85. The first-order valence-corrected chi connectivity index (χ1v) is 8.06. The fraction of sp³-hybridized carbons (Fsp3) is 0.588. The predicted molar refractivity (Wildman–Crippen MR) is 86.8 cm³/mol. The molecule has 0 unspecified atom stereocenters. The van der Waals surface area contributed by atoms with Crippen molar-refractivity contribution in [2.45, 2.75) is 45.6 Å². The first-order valence-electron chi connectivity index (χ1n) is 8.06. The van der Waals surface area contributed by atoms with E-state index in [0.29, 0.717) is 18.7 Å². The molecule has 0 radical (unpaired) electrons. The van der Waals surface area contributed by atoms with E-state index in [1.807, 2.05) is 11.0 Å². The van der Waals surface area contributed by atoms with Gasteiger partial charge >= 0.3 is 11.9 Å². The minimum absolute atomic E-state index is 0.0537. The van der Waals surface area contributed by atoms with Crippen molar-refractivity contribution < 1.29 is 24.2 Å². The van der Waals surface area contributed by atoms with Gasteiger partial charge in [0.15, 0.2) is 0 Å². The Kier molecular flexibility index (Phi) is 5.31. The molecule has 1 N–H and O–H groups in total. The van der Waals surface area contributed by atoms with Crippen molar-refractivity contribution in [3.63, 3.8) is 0 Å². The number of amides is 1. The molecule has 7 nitrogen and oxygen atoms in total. The summed E-state index contributed by atoms with van der Waals surface area (Å²) in [5.74, 6) is -1.67. The van der Waals surface area contributed by atoms with Crippen LogP contribution in [0.5, 0.6) is 0 Å². The molecular formula is C17H24N2O5. The fourth-order valence-electron chi connectivity index (χ4n) is 2.85. The van der Waals surface area contributed by atoms with Crippen LogP contribution in [0.1, 0.15) is 40.0 Å². The lowest BCUT2D eigenvalue weighted by Crippen LogP contribution is -2.36. The number of hydrogen-bond donors (Lipinski definition) is 1. The number of esters is 1. The number of nitrogens with zero attached hydrogens (tertiary/aromatic N) is 2. The van der Waals surface area contributed by atoms with Gasteiger partial charge < -0.3 is 14.7 Å². The van der Waals surface area contributed by atoms with E-state index in [9.17, 15) is 14.4 Å². The lowest BCUT2D eigenvalue weighted by Gasteiger charge is -2.30. The number of ether oxygens (including phenoxy) is 1. The zero-order chi connectivity index (χ0) is 17.9. The summed E-state index contributed by atoms with van der Waals surface area (Å²) in [6.45, 7) is 5.47. The maximum absolute atomic E-state index is 12.3. The second-order valence-corrected chi connectivity index (χ2v) is 6.90. The Hall–Kier alpha value is -2.31. The van der Waals surface area contributed by atoms with Crippen molar-refractivity contribution in [2.75, 3.05) is 19.6 Å². The average Bonchev–Trinajstić information content (AvgIpc) is 2.57. The first-order chi connectivity index (χ1) is 11.2. The Morgan fingerprint density at radius 1 is 1.25 bits per heavy atom. The summed E-state index contributed by atoms with van der Waals surface area (Å²) in [5.41, 5.74) is 0.836. The van der Waals surface area contributed by atoms with Crippen LogP contribution < -0.4 is 0 Å². The Labute approximate surface area is 141 Å². The number of carboxylic acid groups (broad SMARTS) is 1. The third-order valence-electron chi connectivity index (χ3n) is 3.72. The normalized spacial score (nSPS) is 18.4. The van der Waals surface area contributed by atoms with E-state index in [1.54, 1.807) is 26.8 Å².